The van der Waals surface area contributed by atoms with Crippen LogP contribution in [0.3, 0.4) is 0 Å². The first-order valence-electron chi connectivity index (χ1n) is 7.41. The lowest BCUT2D eigenvalue weighted by Crippen LogP contribution is -2.29. The van der Waals surface area contributed by atoms with E-state index in [1.807, 2.05) is 36.6 Å². The molecular formula is C17H20N2O3S. The normalized spacial score (nSPS) is 11.6. The van der Waals surface area contributed by atoms with E-state index < -0.39 is 0 Å². The zero-order valence-electron chi connectivity index (χ0n) is 13.2. The molecule has 1 aromatic carbocycles. The summed E-state index contributed by atoms with van der Waals surface area (Å²) in [5, 5.41) is 7.58. The highest BCUT2D eigenvalue weighted by molar-refractivity contribution is 7.10. The Morgan fingerprint density at radius 2 is 1.96 bits per heavy atom. The molecule has 0 saturated carbocycles. The fourth-order valence-corrected chi connectivity index (χ4v) is 2.93. The van der Waals surface area contributed by atoms with Gasteiger partial charge in [-0.1, -0.05) is 6.07 Å². The Bertz CT molecular complexity index is 638. The fourth-order valence-electron chi connectivity index (χ4n) is 2.16. The van der Waals surface area contributed by atoms with Crippen LogP contribution in [0.1, 0.15) is 31.2 Å². The third kappa shape index (κ3) is 5.41. The Morgan fingerprint density at radius 3 is 2.52 bits per heavy atom. The van der Waals surface area contributed by atoms with E-state index in [4.69, 9.17) is 4.74 Å². The predicted molar refractivity (Wildman–Crippen MR) is 91.7 cm³/mol. The Kier molecular flexibility index (Phi) is 6.17. The van der Waals surface area contributed by atoms with Gasteiger partial charge in [-0.15, -0.1) is 11.3 Å². The van der Waals surface area contributed by atoms with Gasteiger partial charge < -0.3 is 15.4 Å². The minimum Gasteiger partial charge on any atom is -0.494 e. The smallest absolute Gasteiger partial charge is 0.226 e. The second-order valence-corrected chi connectivity index (χ2v) is 5.96. The van der Waals surface area contributed by atoms with Crippen LogP contribution < -0.4 is 15.4 Å². The highest BCUT2D eigenvalue weighted by atomic mass is 32.1. The molecule has 1 atom stereocenters. The number of benzene rings is 1. The lowest BCUT2D eigenvalue weighted by Gasteiger charge is -2.16. The van der Waals surface area contributed by atoms with Crippen LogP contribution in [0.25, 0.3) is 0 Å². The van der Waals surface area contributed by atoms with Crippen molar-refractivity contribution in [2.45, 2.75) is 26.3 Å². The van der Waals surface area contributed by atoms with Crippen molar-refractivity contribution in [3.05, 3.63) is 46.7 Å². The summed E-state index contributed by atoms with van der Waals surface area (Å²) < 4.78 is 5.36. The number of rotatable bonds is 7. The van der Waals surface area contributed by atoms with E-state index in [0.29, 0.717) is 12.3 Å². The first-order chi connectivity index (χ1) is 11.1. The van der Waals surface area contributed by atoms with Crippen molar-refractivity contribution in [1.82, 2.24) is 5.32 Å². The zero-order chi connectivity index (χ0) is 16.7. The van der Waals surface area contributed by atoms with Crippen LogP contribution in [0.2, 0.25) is 0 Å². The second-order valence-electron chi connectivity index (χ2n) is 4.98. The molecule has 2 amide bonds. The molecule has 2 N–H and O–H groups in total. The minimum absolute atomic E-state index is 0.152. The van der Waals surface area contributed by atoms with E-state index >= 15 is 0 Å². The highest BCUT2D eigenvalue weighted by Crippen LogP contribution is 2.23. The van der Waals surface area contributed by atoms with E-state index in [1.54, 1.807) is 12.1 Å². The van der Waals surface area contributed by atoms with Gasteiger partial charge in [0.25, 0.3) is 0 Å². The third-order valence-electron chi connectivity index (χ3n) is 3.10. The van der Waals surface area contributed by atoms with Gasteiger partial charge in [0, 0.05) is 17.5 Å². The zero-order valence-corrected chi connectivity index (χ0v) is 14.0. The lowest BCUT2D eigenvalue weighted by atomic mass is 10.1. The molecule has 1 aromatic heterocycles. The molecular weight excluding hydrogens is 312 g/mol. The number of amides is 2. The van der Waals surface area contributed by atoms with Crippen molar-refractivity contribution in [2.24, 2.45) is 0 Å². The molecule has 6 heteroatoms. The summed E-state index contributed by atoms with van der Waals surface area (Å²) in [6, 6.07) is 10.7. The topological polar surface area (TPSA) is 67.4 Å². The van der Waals surface area contributed by atoms with Crippen molar-refractivity contribution in [3.8, 4) is 5.75 Å². The molecule has 5 nitrogen and oxygen atoms in total. The molecule has 23 heavy (non-hydrogen) atoms. The summed E-state index contributed by atoms with van der Waals surface area (Å²) in [5.41, 5.74) is 0.700. The van der Waals surface area contributed by atoms with Crippen LogP contribution in [0.5, 0.6) is 5.75 Å². The van der Waals surface area contributed by atoms with E-state index in [2.05, 4.69) is 10.6 Å². The van der Waals surface area contributed by atoms with Crippen molar-refractivity contribution >= 4 is 28.8 Å². The number of carbonyl (C=O) groups is 2. The van der Waals surface area contributed by atoms with Gasteiger partial charge in [-0.3, -0.25) is 9.59 Å². The molecule has 0 bridgehead atoms. The monoisotopic (exact) mass is 332 g/mol. The van der Waals surface area contributed by atoms with Gasteiger partial charge in [-0.2, -0.15) is 0 Å². The third-order valence-corrected chi connectivity index (χ3v) is 4.09. The van der Waals surface area contributed by atoms with E-state index in [1.165, 1.54) is 18.3 Å². The van der Waals surface area contributed by atoms with Crippen LogP contribution in [0.4, 0.5) is 5.69 Å². The first-order valence-corrected chi connectivity index (χ1v) is 8.29. The molecule has 1 unspecified atom stereocenters. The average Bonchev–Trinajstić information content (AvgIpc) is 3.02. The van der Waals surface area contributed by atoms with Gasteiger partial charge in [0.05, 0.1) is 19.1 Å². The molecule has 0 aliphatic rings. The van der Waals surface area contributed by atoms with Gasteiger partial charge in [0.2, 0.25) is 11.8 Å². The largest absolute Gasteiger partial charge is 0.494 e. The fraction of sp³-hybridized carbons (Fsp3) is 0.294. The minimum atomic E-state index is -0.310. The lowest BCUT2D eigenvalue weighted by molar-refractivity contribution is -0.120. The molecule has 122 valence electrons. The Hall–Kier alpha value is -2.34. The van der Waals surface area contributed by atoms with Crippen molar-refractivity contribution in [2.75, 3.05) is 11.9 Å². The Morgan fingerprint density at radius 1 is 1.22 bits per heavy atom. The van der Waals surface area contributed by atoms with Gasteiger partial charge in [-0.25, -0.2) is 0 Å². The van der Waals surface area contributed by atoms with Crippen LogP contribution in [0, 0.1) is 0 Å². The number of thiophene rings is 1. The summed E-state index contributed by atoms with van der Waals surface area (Å²) in [6.45, 7) is 3.97. The molecule has 0 aliphatic carbocycles. The Balaban J connectivity index is 1.97. The summed E-state index contributed by atoms with van der Waals surface area (Å²) in [5.74, 6) is 0.457. The predicted octanol–water partition coefficient (Wildman–Crippen LogP) is 3.35. The van der Waals surface area contributed by atoms with Gasteiger partial charge in [-0.05, 0) is 42.6 Å². The standard InChI is InChI=1S/C17H20N2O3S/c1-3-22-14-8-6-13(7-9-14)19-17(21)11-15(18-12(2)20)16-5-4-10-23-16/h4-10,15H,3,11H2,1-2H3,(H,18,20)(H,19,21). The molecule has 0 radical (unpaired) electrons. The molecule has 2 aromatic rings. The number of nitrogens with one attached hydrogen (secondary N) is 2. The van der Waals surface area contributed by atoms with E-state index in [-0.39, 0.29) is 24.3 Å². The van der Waals surface area contributed by atoms with Crippen molar-refractivity contribution in [3.63, 3.8) is 0 Å². The first kappa shape index (κ1) is 17.0. The number of anilines is 1. The van der Waals surface area contributed by atoms with E-state index in [9.17, 15) is 9.59 Å². The molecule has 0 aliphatic heterocycles. The van der Waals surface area contributed by atoms with Crippen LogP contribution >= 0.6 is 11.3 Å². The summed E-state index contributed by atoms with van der Waals surface area (Å²) in [6.07, 6.45) is 0.188. The van der Waals surface area contributed by atoms with E-state index in [0.717, 1.165) is 10.6 Å². The van der Waals surface area contributed by atoms with Crippen LogP contribution in [-0.2, 0) is 9.59 Å². The molecule has 0 fully saturated rings. The SMILES string of the molecule is CCOc1ccc(NC(=O)CC(NC(C)=O)c2cccs2)cc1. The number of carbonyl (C=O) groups excluding carboxylic acids is 2. The van der Waals surface area contributed by atoms with Gasteiger partial charge in [0.15, 0.2) is 0 Å². The Labute approximate surface area is 139 Å². The average molecular weight is 332 g/mol. The molecule has 0 spiro atoms. The maximum Gasteiger partial charge on any atom is 0.226 e. The van der Waals surface area contributed by atoms with Gasteiger partial charge >= 0.3 is 0 Å². The maximum atomic E-state index is 12.2. The number of ether oxygens (including phenoxy) is 1. The van der Waals surface area contributed by atoms with Crippen molar-refractivity contribution < 1.29 is 14.3 Å². The summed E-state index contributed by atoms with van der Waals surface area (Å²) in [7, 11) is 0. The number of hydrogen-bond acceptors (Lipinski definition) is 4. The van der Waals surface area contributed by atoms with Crippen LogP contribution in [0.15, 0.2) is 41.8 Å². The number of hydrogen-bond donors (Lipinski definition) is 2. The molecule has 2 rings (SSSR count). The summed E-state index contributed by atoms with van der Waals surface area (Å²) >= 11 is 1.52. The quantitative estimate of drug-likeness (QED) is 0.817. The second kappa shape index (κ2) is 8.33. The molecule has 1 heterocycles. The van der Waals surface area contributed by atoms with Crippen LogP contribution in [-0.4, -0.2) is 18.4 Å². The highest BCUT2D eigenvalue weighted by Gasteiger charge is 2.18. The van der Waals surface area contributed by atoms with Gasteiger partial charge in [0.1, 0.15) is 5.75 Å². The molecule has 0 saturated heterocycles. The maximum absolute atomic E-state index is 12.2. The van der Waals surface area contributed by atoms with Crippen molar-refractivity contribution in [1.29, 1.82) is 0 Å². The summed E-state index contributed by atoms with van der Waals surface area (Å²) in [4.78, 5) is 24.5.